The van der Waals surface area contributed by atoms with Crippen molar-refractivity contribution in [3.63, 3.8) is 0 Å². The Kier molecular flexibility index (Phi) is 5.23. The zero-order valence-electron chi connectivity index (χ0n) is 16.2. The Morgan fingerprint density at radius 1 is 1.10 bits per heavy atom. The predicted molar refractivity (Wildman–Crippen MR) is 113 cm³/mol. The molecule has 4 aromatic rings. The zero-order chi connectivity index (χ0) is 20.7. The van der Waals surface area contributed by atoms with Gasteiger partial charge < -0.3 is 18.9 Å². The number of H-pyrrole nitrogens is 1. The molecule has 0 saturated heterocycles. The van der Waals surface area contributed by atoms with Crippen molar-refractivity contribution in [2.75, 3.05) is 0 Å². The van der Waals surface area contributed by atoms with Crippen LogP contribution < -0.4 is 10.3 Å². The number of halogens is 2. The first kappa shape index (κ1) is 19.7. The number of ether oxygens (including phenoxy) is 1. The van der Waals surface area contributed by atoms with Crippen molar-refractivity contribution in [1.29, 1.82) is 0 Å². The minimum Gasteiger partial charge on any atom is -0.474 e. The van der Waals surface area contributed by atoms with Gasteiger partial charge in [0, 0.05) is 26.2 Å². The highest BCUT2D eigenvalue weighted by atomic mass is 35.5. The third-order valence-corrected chi connectivity index (χ3v) is 5.43. The summed E-state index contributed by atoms with van der Waals surface area (Å²) < 4.78 is 9.37. The number of aromatic nitrogens is 6. The Morgan fingerprint density at radius 3 is 2.48 bits per heavy atom. The number of aryl methyl sites for hydroxylation is 2. The molecule has 29 heavy (non-hydrogen) atoms. The highest BCUT2D eigenvalue weighted by Crippen LogP contribution is 2.35. The minimum absolute atomic E-state index is 0.212. The molecule has 4 aromatic heterocycles. The molecule has 1 unspecified atom stereocenters. The molecule has 0 spiro atoms. The lowest BCUT2D eigenvalue weighted by molar-refractivity contribution is 0.190. The summed E-state index contributed by atoms with van der Waals surface area (Å²) in [6.07, 6.45) is 6.03. The van der Waals surface area contributed by atoms with Crippen LogP contribution in [-0.2, 0) is 14.1 Å². The number of hydrogen-bond donors (Lipinski definition) is 1. The van der Waals surface area contributed by atoms with E-state index in [2.05, 4.69) is 26.9 Å². The van der Waals surface area contributed by atoms with E-state index in [1.165, 1.54) is 18.9 Å². The zero-order valence-corrected chi connectivity index (χ0v) is 17.7. The fraction of sp³-hybridized carbons (Fsp3) is 0.368. The molecule has 1 fully saturated rings. The van der Waals surface area contributed by atoms with E-state index in [0.29, 0.717) is 33.0 Å². The molecule has 1 atom stereocenters. The maximum absolute atomic E-state index is 11.0. The second-order valence-corrected chi connectivity index (χ2v) is 7.98. The molecule has 0 amide bonds. The lowest BCUT2D eigenvalue weighted by Gasteiger charge is -2.13. The number of rotatable bonds is 3. The molecular weight excluding hydrogens is 415 g/mol. The number of imidazole rings is 2. The van der Waals surface area contributed by atoms with Crippen molar-refractivity contribution < 1.29 is 4.74 Å². The predicted octanol–water partition coefficient (Wildman–Crippen LogP) is 3.71. The van der Waals surface area contributed by atoms with Gasteiger partial charge in [0.2, 0.25) is 5.88 Å². The first-order valence-electron chi connectivity index (χ1n) is 9.17. The number of fused-ring (bicyclic) bond motifs is 2. The second kappa shape index (κ2) is 7.68. The standard InChI is InChI=1S/C12H14ClN3O.C7H6ClN3O/c1-7(8-3-4-8)17-10-5-9(13)11-12(15-10)16(2)6-14-11;1-11-3-9-6-4(8)2-5(12)10-7(6)11/h5-8H,3-4H2,1-2H3;2-3H,1H3,(H,10,12). The summed E-state index contributed by atoms with van der Waals surface area (Å²) in [5, 5.41) is 0.975. The summed E-state index contributed by atoms with van der Waals surface area (Å²) in [5.74, 6) is 1.27. The van der Waals surface area contributed by atoms with Crippen molar-refractivity contribution >= 4 is 45.5 Å². The maximum atomic E-state index is 11.0. The molecule has 0 aliphatic heterocycles. The van der Waals surface area contributed by atoms with E-state index in [1.54, 1.807) is 30.3 Å². The van der Waals surface area contributed by atoms with E-state index >= 15 is 0 Å². The minimum atomic E-state index is -0.212. The molecule has 152 valence electrons. The molecule has 1 aliphatic rings. The molecule has 4 heterocycles. The third-order valence-electron chi connectivity index (χ3n) is 4.85. The number of nitrogens with zero attached hydrogens (tertiary/aromatic N) is 5. The van der Waals surface area contributed by atoms with Gasteiger partial charge in [-0.1, -0.05) is 23.2 Å². The van der Waals surface area contributed by atoms with E-state index in [0.717, 1.165) is 11.2 Å². The molecule has 0 aromatic carbocycles. The number of aromatic amines is 1. The van der Waals surface area contributed by atoms with Crippen molar-refractivity contribution in [1.82, 2.24) is 29.1 Å². The molecule has 5 rings (SSSR count). The molecule has 1 saturated carbocycles. The van der Waals surface area contributed by atoms with Crippen LogP contribution in [0.15, 0.2) is 29.6 Å². The first-order valence-corrected chi connectivity index (χ1v) is 9.93. The molecule has 0 radical (unpaired) electrons. The average molecular weight is 435 g/mol. The summed E-state index contributed by atoms with van der Waals surface area (Å²) in [5.41, 5.74) is 2.54. The van der Waals surface area contributed by atoms with E-state index in [-0.39, 0.29) is 11.7 Å². The molecule has 10 heteroatoms. The van der Waals surface area contributed by atoms with Gasteiger partial charge in [0.15, 0.2) is 5.65 Å². The van der Waals surface area contributed by atoms with Gasteiger partial charge >= 0.3 is 0 Å². The SMILES string of the molecule is CC(Oc1cc(Cl)c2ncn(C)c2n1)C1CC1.Cn1cnc2c(Cl)cc(=O)[nH]c21. The Bertz CT molecular complexity index is 1240. The fourth-order valence-corrected chi connectivity index (χ4v) is 3.50. The van der Waals surface area contributed by atoms with E-state index in [1.807, 2.05) is 11.6 Å². The van der Waals surface area contributed by atoms with Crippen LogP contribution >= 0.6 is 23.2 Å². The van der Waals surface area contributed by atoms with Gasteiger partial charge in [-0.05, 0) is 25.7 Å². The molecule has 1 aliphatic carbocycles. The highest BCUT2D eigenvalue weighted by Gasteiger charge is 2.30. The highest BCUT2D eigenvalue weighted by molar-refractivity contribution is 6.35. The fourth-order valence-electron chi connectivity index (χ4n) is 3.04. The monoisotopic (exact) mass is 434 g/mol. The summed E-state index contributed by atoms with van der Waals surface area (Å²) in [6, 6.07) is 3.06. The van der Waals surface area contributed by atoms with Gasteiger partial charge in [0.05, 0.1) is 22.7 Å². The topological polar surface area (TPSA) is 90.6 Å². The van der Waals surface area contributed by atoms with Crippen LogP contribution in [0.4, 0.5) is 0 Å². The van der Waals surface area contributed by atoms with Crippen LogP contribution in [-0.4, -0.2) is 35.2 Å². The normalized spacial score (nSPS) is 14.7. The Balaban J connectivity index is 0.000000150. The van der Waals surface area contributed by atoms with Crippen LogP contribution in [0, 0.1) is 5.92 Å². The quantitative estimate of drug-likeness (QED) is 0.530. The van der Waals surface area contributed by atoms with E-state index in [9.17, 15) is 4.79 Å². The number of hydrogen-bond acceptors (Lipinski definition) is 5. The molecule has 8 nitrogen and oxygen atoms in total. The van der Waals surface area contributed by atoms with Crippen LogP contribution in [0.1, 0.15) is 19.8 Å². The summed E-state index contributed by atoms with van der Waals surface area (Å²) in [6.45, 7) is 2.08. The Morgan fingerprint density at radius 2 is 1.76 bits per heavy atom. The van der Waals surface area contributed by atoms with Gasteiger partial charge in [0.1, 0.15) is 22.8 Å². The van der Waals surface area contributed by atoms with Gasteiger partial charge in [-0.2, -0.15) is 4.98 Å². The molecule has 1 N–H and O–H groups in total. The second-order valence-electron chi connectivity index (χ2n) is 7.16. The molecular formula is C19H20Cl2N6O2. The van der Waals surface area contributed by atoms with Crippen LogP contribution in [0.25, 0.3) is 22.3 Å². The summed E-state index contributed by atoms with van der Waals surface area (Å²) in [7, 11) is 3.69. The maximum Gasteiger partial charge on any atom is 0.251 e. The van der Waals surface area contributed by atoms with Crippen molar-refractivity contribution in [3.8, 4) is 5.88 Å². The summed E-state index contributed by atoms with van der Waals surface area (Å²) >= 11 is 11.9. The van der Waals surface area contributed by atoms with E-state index < -0.39 is 0 Å². The van der Waals surface area contributed by atoms with Crippen LogP contribution in [0.5, 0.6) is 5.88 Å². The van der Waals surface area contributed by atoms with Crippen LogP contribution in [0.3, 0.4) is 0 Å². The largest absolute Gasteiger partial charge is 0.474 e. The van der Waals surface area contributed by atoms with Gasteiger partial charge in [-0.25, -0.2) is 9.97 Å². The van der Waals surface area contributed by atoms with Gasteiger partial charge in [0.25, 0.3) is 5.56 Å². The Hall–Kier alpha value is -2.58. The smallest absolute Gasteiger partial charge is 0.251 e. The van der Waals surface area contributed by atoms with Gasteiger partial charge in [-0.15, -0.1) is 0 Å². The van der Waals surface area contributed by atoms with Crippen LogP contribution in [0.2, 0.25) is 10.0 Å². The lowest BCUT2D eigenvalue weighted by Crippen LogP contribution is -2.14. The van der Waals surface area contributed by atoms with Crippen molar-refractivity contribution in [2.45, 2.75) is 25.9 Å². The third kappa shape index (κ3) is 4.09. The lowest BCUT2D eigenvalue weighted by atomic mass is 10.3. The Labute approximate surface area is 176 Å². The summed E-state index contributed by atoms with van der Waals surface area (Å²) in [4.78, 5) is 26.3. The first-order chi connectivity index (χ1) is 13.8. The van der Waals surface area contributed by atoms with Crippen molar-refractivity contribution in [2.24, 2.45) is 20.0 Å². The van der Waals surface area contributed by atoms with Gasteiger partial charge in [-0.3, -0.25) is 4.79 Å². The number of pyridine rings is 2. The average Bonchev–Trinajstić information content (AvgIpc) is 3.36. The molecule has 0 bridgehead atoms. The van der Waals surface area contributed by atoms with Crippen molar-refractivity contribution in [3.05, 3.63) is 45.2 Å². The number of nitrogens with one attached hydrogen (secondary N) is 1. The van der Waals surface area contributed by atoms with E-state index in [4.69, 9.17) is 27.9 Å².